The highest BCUT2D eigenvalue weighted by Gasteiger charge is 2.26. The van der Waals surface area contributed by atoms with Crippen molar-refractivity contribution in [3.63, 3.8) is 0 Å². The van der Waals surface area contributed by atoms with Crippen molar-refractivity contribution < 1.29 is 5.11 Å². The van der Waals surface area contributed by atoms with E-state index in [4.69, 9.17) is 16.6 Å². The zero-order valence-corrected chi connectivity index (χ0v) is 16.5. The highest BCUT2D eigenvalue weighted by atomic mass is 35.5. The number of fused-ring (bicyclic) bond motifs is 1. The van der Waals surface area contributed by atoms with Crippen LogP contribution in [0.3, 0.4) is 0 Å². The first-order chi connectivity index (χ1) is 13.6. The van der Waals surface area contributed by atoms with Gasteiger partial charge in [-0.2, -0.15) is 5.10 Å². The molecule has 0 unspecified atom stereocenters. The second-order valence-corrected chi connectivity index (χ2v) is 8.13. The molecule has 3 heterocycles. The van der Waals surface area contributed by atoms with Crippen LogP contribution >= 0.6 is 11.6 Å². The maximum absolute atomic E-state index is 9.76. The summed E-state index contributed by atoms with van der Waals surface area (Å²) in [4.78, 5) is 11.4. The maximum Gasteiger partial charge on any atom is 0.227 e. The number of nitrogens with zero attached hydrogens (tertiary/aromatic N) is 5. The van der Waals surface area contributed by atoms with E-state index < -0.39 is 0 Å². The molecule has 1 saturated heterocycles. The number of rotatable bonds is 4. The second kappa shape index (κ2) is 6.90. The predicted molar refractivity (Wildman–Crippen MR) is 111 cm³/mol. The van der Waals surface area contributed by atoms with Crippen molar-refractivity contribution in [2.45, 2.75) is 44.8 Å². The third-order valence-corrected chi connectivity index (χ3v) is 5.94. The number of anilines is 3. The Kier molecular flexibility index (Phi) is 4.36. The van der Waals surface area contributed by atoms with E-state index in [1.165, 1.54) is 12.8 Å². The molecule has 2 N–H and O–H groups in total. The van der Waals surface area contributed by atoms with Gasteiger partial charge < -0.3 is 15.3 Å². The summed E-state index contributed by atoms with van der Waals surface area (Å²) in [5.41, 5.74) is 3.85. The lowest BCUT2D eigenvalue weighted by atomic mass is 10.1. The second-order valence-electron chi connectivity index (χ2n) is 7.72. The average Bonchev–Trinajstić information content (AvgIpc) is 3.47. The molecular formula is C20H23ClN6O. The van der Waals surface area contributed by atoms with E-state index in [-0.39, 0.29) is 6.10 Å². The van der Waals surface area contributed by atoms with Crippen molar-refractivity contribution in [1.29, 1.82) is 0 Å². The van der Waals surface area contributed by atoms with E-state index in [2.05, 4.69) is 31.9 Å². The van der Waals surface area contributed by atoms with Crippen LogP contribution in [0.5, 0.6) is 0 Å². The Hall–Kier alpha value is -2.38. The summed E-state index contributed by atoms with van der Waals surface area (Å²) in [7, 11) is 0. The first-order valence-corrected chi connectivity index (χ1v) is 10.2. The van der Waals surface area contributed by atoms with Crippen LogP contribution in [0.15, 0.2) is 24.5 Å². The van der Waals surface area contributed by atoms with E-state index in [9.17, 15) is 5.11 Å². The largest absolute Gasteiger partial charge is 0.393 e. The van der Waals surface area contributed by atoms with E-state index in [1.807, 2.05) is 18.3 Å². The Morgan fingerprint density at radius 2 is 1.93 bits per heavy atom. The number of piperidine rings is 1. The molecule has 0 bridgehead atoms. The van der Waals surface area contributed by atoms with E-state index in [0.717, 1.165) is 53.9 Å². The van der Waals surface area contributed by atoms with Crippen molar-refractivity contribution >= 4 is 39.8 Å². The number of benzene rings is 1. The number of aliphatic hydroxyl groups is 1. The Bertz CT molecular complexity index is 1020. The smallest absolute Gasteiger partial charge is 0.227 e. The first kappa shape index (κ1) is 17.7. The fourth-order valence-electron chi connectivity index (χ4n) is 3.80. The van der Waals surface area contributed by atoms with Gasteiger partial charge in [0, 0.05) is 24.7 Å². The van der Waals surface area contributed by atoms with Gasteiger partial charge in [0.1, 0.15) is 0 Å². The third kappa shape index (κ3) is 3.29. The highest BCUT2D eigenvalue weighted by Crippen LogP contribution is 2.37. The molecular weight excluding hydrogens is 376 g/mol. The van der Waals surface area contributed by atoms with E-state index in [1.54, 1.807) is 6.20 Å². The van der Waals surface area contributed by atoms with Gasteiger partial charge in [-0.3, -0.25) is 4.68 Å². The molecule has 2 aliphatic rings. The van der Waals surface area contributed by atoms with Crippen molar-refractivity contribution in [3.8, 4) is 0 Å². The molecule has 146 valence electrons. The molecule has 8 heteroatoms. The molecule has 1 aromatic carbocycles. The molecule has 0 spiro atoms. The molecule has 2 aromatic heterocycles. The lowest BCUT2D eigenvalue weighted by Crippen LogP contribution is -2.35. The first-order valence-electron chi connectivity index (χ1n) is 9.79. The fraction of sp³-hybridized carbons (Fsp3) is 0.450. The van der Waals surface area contributed by atoms with Gasteiger partial charge in [0.05, 0.1) is 46.0 Å². The minimum Gasteiger partial charge on any atom is -0.393 e. The summed E-state index contributed by atoms with van der Waals surface area (Å²) >= 11 is 6.52. The van der Waals surface area contributed by atoms with Crippen molar-refractivity contribution in [3.05, 3.63) is 35.2 Å². The average molecular weight is 399 g/mol. The van der Waals surface area contributed by atoms with Crippen LogP contribution in [0.2, 0.25) is 5.02 Å². The van der Waals surface area contributed by atoms with Gasteiger partial charge >= 0.3 is 0 Å². The van der Waals surface area contributed by atoms with Gasteiger partial charge in [0.2, 0.25) is 5.95 Å². The van der Waals surface area contributed by atoms with Crippen LogP contribution in [0.25, 0.3) is 10.9 Å². The topological polar surface area (TPSA) is 79.1 Å². The zero-order chi connectivity index (χ0) is 19.3. The van der Waals surface area contributed by atoms with Crippen LogP contribution in [0.4, 0.5) is 17.3 Å². The van der Waals surface area contributed by atoms with Gasteiger partial charge in [-0.1, -0.05) is 11.6 Å². The lowest BCUT2D eigenvalue weighted by molar-refractivity contribution is 0.145. The Morgan fingerprint density at radius 1 is 1.14 bits per heavy atom. The van der Waals surface area contributed by atoms with E-state index in [0.29, 0.717) is 17.0 Å². The molecule has 7 nitrogen and oxygen atoms in total. The summed E-state index contributed by atoms with van der Waals surface area (Å²) in [6.45, 7) is 3.65. The molecule has 3 aromatic rings. The number of hydrogen-bond donors (Lipinski definition) is 2. The molecule has 28 heavy (non-hydrogen) atoms. The van der Waals surface area contributed by atoms with Crippen LogP contribution in [0.1, 0.15) is 37.4 Å². The van der Waals surface area contributed by atoms with Crippen molar-refractivity contribution in [1.82, 2.24) is 19.7 Å². The zero-order valence-electron chi connectivity index (χ0n) is 15.8. The molecule has 1 saturated carbocycles. The molecule has 0 amide bonds. The minimum atomic E-state index is -0.214. The van der Waals surface area contributed by atoms with Crippen LogP contribution in [-0.4, -0.2) is 44.0 Å². The normalized spacial score (nSPS) is 18.0. The van der Waals surface area contributed by atoms with Gasteiger partial charge in [0.25, 0.3) is 0 Å². The summed E-state index contributed by atoms with van der Waals surface area (Å²) < 4.78 is 2.08. The van der Waals surface area contributed by atoms with Crippen LogP contribution in [0, 0.1) is 6.92 Å². The number of hydrogen-bond acceptors (Lipinski definition) is 6. The summed E-state index contributed by atoms with van der Waals surface area (Å²) in [6.07, 6.45) is 7.34. The Morgan fingerprint density at radius 3 is 2.68 bits per heavy atom. The molecule has 1 aliphatic carbocycles. The predicted octanol–water partition coefficient (Wildman–Crippen LogP) is 3.83. The number of aromatic nitrogens is 4. The molecule has 0 atom stereocenters. The Balaban J connectivity index is 1.44. The Labute approximate surface area is 168 Å². The minimum absolute atomic E-state index is 0.214. The SMILES string of the molecule is Cc1c(Nc2ncc3cc(Cl)c(N4CCC(O)CC4)cc3n2)cnn1C1CC1. The highest BCUT2D eigenvalue weighted by molar-refractivity contribution is 6.34. The third-order valence-electron chi connectivity index (χ3n) is 5.64. The van der Waals surface area contributed by atoms with Gasteiger partial charge in [0.15, 0.2) is 0 Å². The molecule has 0 radical (unpaired) electrons. The van der Waals surface area contributed by atoms with Gasteiger partial charge in [-0.25, -0.2) is 9.97 Å². The standard InChI is InChI=1S/C20H23ClN6O/c1-12-18(11-23-27(12)14-2-3-14)25-20-22-10-13-8-16(21)19(9-17(13)24-20)26-6-4-15(28)5-7-26/h8-11,14-15,28H,2-7H2,1H3,(H,22,24,25). The lowest BCUT2D eigenvalue weighted by Gasteiger charge is -2.32. The van der Waals surface area contributed by atoms with Crippen LogP contribution < -0.4 is 10.2 Å². The van der Waals surface area contributed by atoms with Crippen LogP contribution in [-0.2, 0) is 0 Å². The van der Waals surface area contributed by atoms with Gasteiger partial charge in [-0.15, -0.1) is 0 Å². The quantitative estimate of drug-likeness (QED) is 0.695. The summed E-state index contributed by atoms with van der Waals surface area (Å²) in [6, 6.07) is 4.47. The van der Waals surface area contributed by atoms with E-state index >= 15 is 0 Å². The number of halogens is 1. The molecule has 5 rings (SSSR count). The number of nitrogens with one attached hydrogen (secondary N) is 1. The summed E-state index contributed by atoms with van der Waals surface area (Å²) in [5.74, 6) is 0.549. The molecule has 1 aliphatic heterocycles. The summed E-state index contributed by atoms with van der Waals surface area (Å²) in [5, 5.41) is 19.1. The van der Waals surface area contributed by atoms with Gasteiger partial charge in [-0.05, 0) is 44.7 Å². The van der Waals surface area contributed by atoms with Crippen molar-refractivity contribution in [2.75, 3.05) is 23.3 Å². The molecule has 2 fully saturated rings. The fourth-order valence-corrected chi connectivity index (χ4v) is 4.09. The number of aliphatic hydroxyl groups excluding tert-OH is 1. The van der Waals surface area contributed by atoms with Crippen molar-refractivity contribution in [2.24, 2.45) is 0 Å². The maximum atomic E-state index is 9.76. The monoisotopic (exact) mass is 398 g/mol.